The first-order valence-corrected chi connectivity index (χ1v) is 8.25. The molecule has 0 aromatic carbocycles. The summed E-state index contributed by atoms with van der Waals surface area (Å²) < 4.78 is 3.58. The number of anilines is 1. The Morgan fingerprint density at radius 1 is 1.33 bits per heavy atom. The summed E-state index contributed by atoms with van der Waals surface area (Å²) in [6.07, 6.45) is 5.68. The van der Waals surface area contributed by atoms with Crippen molar-refractivity contribution in [1.29, 1.82) is 0 Å². The lowest BCUT2D eigenvalue weighted by atomic mass is 10.1. The van der Waals surface area contributed by atoms with Gasteiger partial charge in [0.1, 0.15) is 0 Å². The summed E-state index contributed by atoms with van der Waals surface area (Å²) in [7, 11) is 1.85. The summed E-state index contributed by atoms with van der Waals surface area (Å²) in [5, 5.41) is 12.3. The summed E-state index contributed by atoms with van der Waals surface area (Å²) in [4.78, 5) is 17.6. The molecule has 1 saturated carbocycles. The number of hydrogen-bond donors (Lipinski definition) is 1. The van der Waals surface area contributed by atoms with Crippen molar-refractivity contribution in [3.63, 3.8) is 0 Å². The molecule has 1 fully saturated rings. The molecule has 24 heavy (non-hydrogen) atoms. The molecular formula is C17H20N6O. The number of carbonyl (C=O) groups is 1. The van der Waals surface area contributed by atoms with Crippen molar-refractivity contribution in [1.82, 2.24) is 24.5 Å². The highest BCUT2D eigenvalue weighted by molar-refractivity contribution is 6.12. The van der Waals surface area contributed by atoms with Crippen LogP contribution in [-0.2, 0) is 13.6 Å². The molecule has 3 aromatic rings. The average molecular weight is 324 g/mol. The van der Waals surface area contributed by atoms with Crippen LogP contribution in [0.3, 0.4) is 0 Å². The molecular weight excluding hydrogens is 304 g/mol. The van der Waals surface area contributed by atoms with E-state index in [2.05, 4.69) is 20.5 Å². The fraction of sp³-hybridized carbons (Fsp3) is 0.412. The maximum absolute atomic E-state index is 12.9. The van der Waals surface area contributed by atoms with Gasteiger partial charge >= 0.3 is 0 Å². The third kappa shape index (κ3) is 2.36. The van der Waals surface area contributed by atoms with E-state index in [1.807, 2.05) is 31.6 Å². The number of carbonyl (C=O) groups excluding carboxylic acids is 1. The first-order valence-electron chi connectivity index (χ1n) is 8.25. The van der Waals surface area contributed by atoms with Gasteiger partial charge < -0.3 is 5.32 Å². The van der Waals surface area contributed by atoms with Crippen molar-refractivity contribution < 1.29 is 4.79 Å². The zero-order valence-electron chi connectivity index (χ0n) is 14.1. The summed E-state index contributed by atoms with van der Waals surface area (Å²) in [6.45, 7) is 4.75. The topological polar surface area (TPSA) is 77.6 Å². The number of hydrogen-bond acceptors (Lipinski definition) is 4. The highest BCUT2D eigenvalue weighted by Gasteiger charge is 2.28. The van der Waals surface area contributed by atoms with Gasteiger partial charge in [0.15, 0.2) is 5.65 Å². The van der Waals surface area contributed by atoms with Crippen LogP contribution in [0.2, 0.25) is 0 Å². The predicted molar refractivity (Wildman–Crippen MR) is 91.1 cm³/mol. The van der Waals surface area contributed by atoms with Crippen LogP contribution >= 0.6 is 0 Å². The Balaban J connectivity index is 1.74. The van der Waals surface area contributed by atoms with Gasteiger partial charge in [-0.1, -0.05) is 0 Å². The van der Waals surface area contributed by atoms with Gasteiger partial charge in [-0.2, -0.15) is 10.2 Å². The summed E-state index contributed by atoms with van der Waals surface area (Å²) in [5.41, 5.74) is 4.05. The predicted octanol–water partition coefficient (Wildman–Crippen LogP) is 2.62. The van der Waals surface area contributed by atoms with Crippen LogP contribution in [-0.4, -0.2) is 30.5 Å². The van der Waals surface area contributed by atoms with Gasteiger partial charge in [-0.05, 0) is 32.8 Å². The molecule has 1 aliphatic carbocycles. The van der Waals surface area contributed by atoms with Gasteiger partial charge in [-0.15, -0.1) is 0 Å². The van der Waals surface area contributed by atoms with E-state index < -0.39 is 0 Å². The molecule has 1 aliphatic rings. The van der Waals surface area contributed by atoms with Crippen molar-refractivity contribution in [3.8, 4) is 0 Å². The van der Waals surface area contributed by atoms with Gasteiger partial charge in [-0.25, -0.2) is 4.98 Å². The fourth-order valence-electron chi connectivity index (χ4n) is 2.99. The van der Waals surface area contributed by atoms with E-state index in [1.165, 1.54) is 0 Å². The monoisotopic (exact) mass is 324 g/mol. The molecule has 1 N–H and O–H groups in total. The number of aromatic nitrogens is 5. The van der Waals surface area contributed by atoms with E-state index in [4.69, 9.17) is 0 Å². The Morgan fingerprint density at radius 3 is 2.79 bits per heavy atom. The highest BCUT2D eigenvalue weighted by atomic mass is 16.1. The number of fused-ring (bicyclic) bond motifs is 1. The second kappa shape index (κ2) is 5.43. The van der Waals surface area contributed by atoms with Gasteiger partial charge in [0.25, 0.3) is 5.91 Å². The van der Waals surface area contributed by atoms with Crippen molar-refractivity contribution >= 4 is 22.6 Å². The fourth-order valence-corrected chi connectivity index (χ4v) is 2.99. The van der Waals surface area contributed by atoms with Crippen LogP contribution in [0.15, 0.2) is 18.5 Å². The lowest BCUT2D eigenvalue weighted by molar-refractivity contribution is 0.102. The molecule has 0 aliphatic heterocycles. The number of nitrogens with one attached hydrogen (secondary N) is 1. The largest absolute Gasteiger partial charge is 0.319 e. The van der Waals surface area contributed by atoms with Crippen molar-refractivity contribution in [2.45, 2.75) is 39.2 Å². The minimum Gasteiger partial charge on any atom is -0.319 e. The number of aryl methyl sites for hydroxylation is 2. The van der Waals surface area contributed by atoms with Crippen LogP contribution in [0, 0.1) is 6.92 Å². The quantitative estimate of drug-likeness (QED) is 0.800. The maximum atomic E-state index is 12.9. The van der Waals surface area contributed by atoms with Crippen LogP contribution in [0.4, 0.5) is 5.69 Å². The molecule has 3 heterocycles. The van der Waals surface area contributed by atoms with E-state index in [-0.39, 0.29) is 5.91 Å². The Labute approximate surface area is 139 Å². The number of nitrogens with zero attached hydrogens (tertiary/aromatic N) is 5. The Kier molecular flexibility index (Phi) is 3.37. The van der Waals surface area contributed by atoms with Crippen LogP contribution in [0.1, 0.15) is 47.4 Å². The number of amides is 1. The van der Waals surface area contributed by atoms with Crippen LogP contribution < -0.4 is 5.32 Å². The minimum absolute atomic E-state index is 0.143. The SMILES string of the molecule is CCn1ncc(NC(=O)c2cc(C3CC3)nc3c2cnn3C)c1C. The van der Waals surface area contributed by atoms with Crippen LogP contribution in [0.5, 0.6) is 0 Å². The second-order valence-electron chi connectivity index (χ2n) is 6.29. The number of rotatable bonds is 4. The maximum Gasteiger partial charge on any atom is 0.256 e. The third-order valence-corrected chi connectivity index (χ3v) is 4.62. The minimum atomic E-state index is -0.143. The standard InChI is InChI=1S/C17H20N6O/c1-4-23-10(2)15(9-19-23)21-17(24)12-7-14(11-5-6-11)20-16-13(12)8-18-22(16)3/h7-9,11H,4-6H2,1-3H3,(H,21,24). The molecule has 3 aromatic heterocycles. The average Bonchev–Trinajstić information content (AvgIpc) is 3.29. The number of pyridine rings is 1. The second-order valence-corrected chi connectivity index (χ2v) is 6.29. The van der Waals surface area contributed by atoms with Crippen molar-refractivity contribution in [2.24, 2.45) is 7.05 Å². The molecule has 7 nitrogen and oxygen atoms in total. The van der Waals surface area contributed by atoms with Crippen molar-refractivity contribution in [3.05, 3.63) is 35.4 Å². The lowest BCUT2D eigenvalue weighted by Gasteiger charge is -2.08. The molecule has 1 amide bonds. The zero-order valence-corrected chi connectivity index (χ0v) is 14.1. The van der Waals surface area contributed by atoms with Gasteiger partial charge in [0.05, 0.1) is 34.7 Å². The van der Waals surface area contributed by atoms with E-state index in [0.29, 0.717) is 11.5 Å². The molecule has 0 unspecified atom stereocenters. The van der Waals surface area contributed by atoms with Crippen LogP contribution in [0.25, 0.3) is 11.0 Å². The van der Waals surface area contributed by atoms with Crippen molar-refractivity contribution in [2.75, 3.05) is 5.32 Å². The lowest BCUT2D eigenvalue weighted by Crippen LogP contribution is -2.14. The van der Waals surface area contributed by atoms with E-state index in [0.717, 1.165) is 47.5 Å². The molecule has 0 spiro atoms. The molecule has 0 radical (unpaired) electrons. The summed E-state index contributed by atoms with van der Waals surface area (Å²) >= 11 is 0. The molecule has 0 bridgehead atoms. The Hall–Kier alpha value is -2.70. The molecule has 124 valence electrons. The van der Waals surface area contributed by atoms with E-state index >= 15 is 0 Å². The smallest absolute Gasteiger partial charge is 0.256 e. The van der Waals surface area contributed by atoms with E-state index in [9.17, 15) is 4.79 Å². The van der Waals surface area contributed by atoms with Gasteiger partial charge in [-0.3, -0.25) is 14.2 Å². The zero-order chi connectivity index (χ0) is 16.8. The van der Waals surface area contributed by atoms with E-state index in [1.54, 1.807) is 17.1 Å². The summed E-state index contributed by atoms with van der Waals surface area (Å²) in [5.74, 6) is 0.330. The summed E-state index contributed by atoms with van der Waals surface area (Å²) in [6, 6.07) is 1.91. The Morgan fingerprint density at radius 2 is 2.12 bits per heavy atom. The molecule has 0 saturated heterocycles. The third-order valence-electron chi connectivity index (χ3n) is 4.62. The van der Waals surface area contributed by atoms with Gasteiger partial charge in [0.2, 0.25) is 0 Å². The Bertz CT molecular complexity index is 934. The molecule has 7 heteroatoms. The normalized spacial score (nSPS) is 14.3. The van der Waals surface area contributed by atoms with Gasteiger partial charge in [0, 0.05) is 25.2 Å². The highest BCUT2D eigenvalue weighted by Crippen LogP contribution is 2.40. The first-order chi connectivity index (χ1) is 11.6. The first kappa shape index (κ1) is 14.9. The molecule has 0 atom stereocenters. The molecule has 4 rings (SSSR count).